The monoisotopic (exact) mass is 352 g/mol. The molecule has 0 bridgehead atoms. The summed E-state index contributed by atoms with van der Waals surface area (Å²) >= 11 is 6.32. The van der Waals surface area contributed by atoms with Crippen LogP contribution in [0, 0.1) is 0 Å². The highest BCUT2D eigenvalue weighted by Crippen LogP contribution is 2.26. The molecule has 7 nitrogen and oxygen atoms in total. The van der Waals surface area contributed by atoms with Gasteiger partial charge in [-0.25, -0.2) is 20.2 Å². The van der Waals surface area contributed by atoms with Crippen LogP contribution >= 0.6 is 11.6 Å². The first-order valence-corrected chi connectivity index (χ1v) is 7.92. The van der Waals surface area contributed by atoms with Gasteiger partial charge < -0.3 is 9.72 Å². The van der Waals surface area contributed by atoms with E-state index in [0.29, 0.717) is 11.0 Å². The van der Waals surface area contributed by atoms with Crippen LogP contribution in [0.25, 0.3) is 11.0 Å². The number of H-pyrrole nitrogens is 1. The summed E-state index contributed by atoms with van der Waals surface area (Å²) in [5.74, 6) is -0.462. The lowest BCUT2D eigenvalue weighted by atomic mass is 10.2. The SMILES string of the molecule is CC(C)N(NC(=O)OC(C)(C)C)C(=O)c1cnc2[nH]ccc2c1Cl. The quantitative estimate of drug-likeness (QED) is 0.810. The average molecular weight is 353 g/mol. The van der Waals surface area contributed by atoms with E-state index in [-0.39, 0.29) is 16.6 Å². The standard InChI is InChI=1S/C16H21ClN4O3/c1-9(2)21(20-15(23)24-16(3,4)5)14(22)11-8-19-13-10(12(11)17)6-7-18-13/h6-9H,1-5H3,(H,18,19)(H,20,23). The van der Waals surface area contributed by atoms with E-state index < -0.39 is 17.6 Å². The molecule has 2 rings (SSSR count). The van der Waals surface area contributed by atoms with Gasteiger partial charge in [0.05, 0.1) is 10.6 Å². The number of rotatable bonds is 2. The van der Waals surface area contributed by atoms with Crippen molar-refractivity contribution < 1.29 is 14.3 Å². The molecule has 8 heteroatoms. The lowest BCUT2D eigenvalue weighted by Gasteiger charge is -2.29. The van der Waals surface area contributed by atoms with E-state index in [1.54, 1.807) is 46.9 Å². The van der Waals surface area contributed by atoms with Gasteiger partial charge in [0.1, 0.15) is 11.2 Å². The van der Waals surface area contributed by atoms with Crippen LogP contribution in [0.3, 0.4) is 0 Å². The average Bonchev–Trinajstić information content (AvgIpc) is 2.91. The first-order chi connectivity index (χ1) is 11.1. The molecule has 2 amide bonds. The zero-order valence-corrected chi connectivity index (χ0v) is 15.1. The van der Waals surface area contributed by atoms with E-state index in [0.717, 1.165) is 0 Å². The van der Waals surface area contributed by atoms with Crippen molar-refractivity contribution in [1.29, 1.82) is 0 Å². The van der Waals surface area contributed by atoms with Gasteiger partial charge in [-0.3, -0.25) is 4.79 Å². The number of fused-ring (bicyclic) bond motifs is 1. The molecule has 0 atom stereocenters. The Morgan fingerprint density at radius 2 is 2.04 bits per heavy atom. The highest BCUT2D eigenvalue weighted by molar-refractivity contribution is 6.38. The summed E-state index contributed by atoms with van der Waals surface area (Å²) in [7, 11) is 0. The third-order valence-electron chi connectivity index (χ3n) is 3.10. The molecule has 0 saturated carbocycles. The van der Waals surface area contributed by atoms with Gasteiger partial charge in [-0.05, 0) is 40.7 Å². The molecule has 24 heavy (non-hydrogen) atoms. The van der Waals surface area contributed by atoms with Gasteiger partial charge in [0.15, 0.2) is 0 Å². The van der Waals surface area contributed by atoms with Gasteiger partial charge in [-0.1, -0.05) is 11.6 Å². The Morgan fingerprint density at radius 3 is 2.62 bits per heavy atom. The second-order valence-electron chi connectivity index (χ2n) is 6.61. The molecule has 130 valence electrons. The third-order valence-corrected chi connectivity index (χ3v) is 3.50. The molecule has 2 aromatic heterocycles. The zero-order valence-electron chi connectivity index (χ0n) is 14.3. The Labute approximate surface area is 145 Å². The first-order valence-electron chi connectivity index (χ1n) is 7.55. The summed E-state index contributed by atoms with van der Waals surface area (Å²) in [4.78, 5) is 31.9. The number of aromatic amines is 1. The molecule has 0 spiro atoms. The fraction of sp³-hybridized carbons (Fsp3) is 0.438. The van der Waals surface area contributed by atoms with Gasteiger partial charge in [0, 0.05) is 23.8 Å². The van der Waals surface area contributed by atoms with Crippen molar-refractivity contribution in [3.63, 3.8) is 0 Å². The van der Waals surface area contributed by atoms with E-state index >= 15 is 0 Å². The Bertz CT molecular complexity index is 764. The summed E-state index contributed by atoms with van der Waals surface area (Å²) in [6.07, 6.45) is 2.36. The lowest BCUT2D eigenvalue weighted by Crippen LogP contribution is -2.51. The highest BCUT2D eigenvalue weighted by Gasteiger charge is 2.26. The van der Waals surface area contributed by atoms with E-state index in [9.17, 15) is 9.59 Å². The maximum atomic E-state index is 12.8. The molecule has 0 saturated heterocycles. The largest absolute Gasteiger partial charge is 0.443 e. The normalized spacial score (nSPS) is 11.6. The van der Waals surface area contributed by atoms with Gasteiger partial charge in [0.25, 0.3) is 5.91 Å². The molecular formula is C16H21ClN4O3. The number of halogens is 1. The van der Waals surface area contributed by atoms with Crippen LogP contribution in [-0.4, -0.2) is 38.6 Å². The fourth-order valence-electron chi connectivity index (χ4n) is 2.07. The van der Waals surface area contributed by atoms with Crippen molar-refractivity contribution in [2.45, 2.75) is 46.3 Å². The predicted molar refractivity (Wildman–Crippen MR) is 91.8 cm³/mol. The number of pyridine rings is 1. The number of nitrogens with one attached hydrogen (secondary N) is 2. The molecule has 0 aliphatic rings. The summed E-state index contributed by atoms with van der Waals surface area (Å²) in [6, 6.07) is 1.44. The number of carbonyl (C=O) groups excluding carboxylic acids is 2. The summed E-state index contributed by atoms with van der Waals surface area (Å²) in [5.41, 5.74) is 2.59. The number of nitrogens with zero attached hydrogens (tertiary/aromatic N) is 2. The van der Waals surface area contributed by atoms with Crippen LogP contribution in [-0.2, 0) is 4.74 Å². The number of carbonyl (C=O) groups is 2. The second-order valence-corrected chi connectivity index (χ2v) is 6.99. The lowest BCUT2D eigenvalue weighted by molar-refractivity contribution is 0.0242. The number of aromatic nitrogens is 2. The molecule has 2 N–H and O–H groups in total. The Kier molecular flexibility index (Phi) is 5.03. The van der Waals surface area contributed by atoms with E-state index in [4.69, 9.17) is 16.3 Å². The molecule has 2 aromatic rings. The van der Waals surface area contributed by atoms with Crippen molar-refractivity contribution in [3.8, 4) is 0 Å². The van der Waals surface area contributed by atoms with Gasteiger partial charge in [0.2, 0.25) is 0 Å². The maximum Gasteiger partial charge on any atom is 0.426 e. The van der Waals surface area contributed by atoms with Gasteiger partial charge >= 0.3 is 6.09 Å². The summed E-state index contributed by atoms with van der Waals surface area (Å²) in [5, 5.41) is 2.10. The third kappa shape index (κ3) is 3.97. The Balaban J connectivity index is 2.28. The molecule has 0 aliphatic carbocycles. The number of amides is 2. The highest BCUT2D eigenvalue weighted by atomic mass is 35.5. The van der Waals surface area contributed by atoms with Crippen molar-refractivity contribution in [2.24, 2.45) is 0 Å². The van der Waals surface area contributed by atoms with Crippen LogP contribution in [0.5, 0.6) is 0 Å². The van der Waals surface area contributed by atoms with Gasteiger partial charge in [-0.15, -0.1) is 0 Å². The zero-order chi connectivity index (χ0) is 18.1. The molecule has 0 unspecified atom stereocenters. The van der Waals surface area contributed by atoms with Crippen LogP contribution in [0.4, 0.5) is 4.79 Å². The first kappa shape index (κ1) is 18.1. The minimum absolute atomic E-state index is 0.202. The van der Waals surface area contributed by atoms with E-state index in [1.165, 1.54) is 11.2 Å². The molecule has 2 heterocycles. The number of hydrazine groups is 1. The molecule has 0 fully saturated rings. The van der Waals surface area contributed by atoms with Crippen LogP contribution in [0.2, 0.25) is 5.02 Å². The minimum atomic E-state index is -0.712. The number of hydrogen-bond donors (Lipinski definition) is 2. The predicted octanol–water partition coefficient (Wildman–Crippen LogP) is 3.51. The smallest absolute Gasteiger partial charge is 0.426 e. The van der Waals surface area contributed by atoms with Crippen LogP contribution in [0.15, 0.2) is 18.5 Å². The second kappa shape index (κ2) is 6.68. The summed E-state index contributed by atoms with van der Waals surface area (Å²) in [6.45, 7) is 8.77. The van der Waals surface area contributed by atoms with Crippen molar-refractivity contribution >= 4 is 34.6 Å². The van der Waals surface area contributed by atoms with Crippen molar-refractivity contribution in [1.82, 2.24) is 20.4 Å². The van der Waals surface area contributed by atoms with E-state index in [1.807, 2.05) is 0 Å². The summed E-state index contributed by atoms with van der Waals surface area (Å²) < 4.78 is 5.19. The number of ether oxygens (including phenoxy) is 1. The van der Waals surface area contributed by atoms with Crippen molar-refractivity contribution in [2.75, 3.05) is 0 Å². The number of hydrogen-bond acceptors (Lipinski definition) is 4. The molecule has 0 aliphatic heterocycles. The molecular weight excluding hydrogens is 332 g/mol. The molecule has 0 aromatic carbocycles. The fourth-order valence-corrected chi connectivity index (χ4v) is 2.35. The molecule has 0 radical (unpaired) electrons. The minimum Gasteiger partial charge on any atom is -0.443 e. The Hall–Kier alpha value is -2.28. The topological polar surface area (TPSA) is 87.3 Å². The maximum absolute atomic E-state index is 12.8. The van der Waals surface area contributed by atoms with Gasteiger partial charge in [-0.2, -0.15) is 0 Å². The van der Waals surface area contributed by atoms with Crippen molar-refractivity contribution in [3.05, 3.63) is 29.0 Å². The van der Waals surface area contributed by atoms with Crippen LogP contribution in [0.1, 0.15) is 45.0 Å². The van der Waals surface area contributed by atoms with E-state index in [2.05, 4.69) is 15.4 Å². The van der Waals surface area contributed by atoms with Crippen LogP contribution < -0.4 is 5.43 Å². The Morgan fingerprint density at radius 1 is 1.38 bits per heavy atom.